The van der Waals surface area contributed by atoms with Crippen molar-refractivity contribution in [3.63, 3.8) is 0 Å². The van der Waals surface area contributed by atoms with Gasteiger partial charge in [0, 0.05) is 18.3 Å². The zero-order chi connectivity index (χ0) is 12.1. The summed E-state index contributed by atoms with van der Waals surface area (Å²) >= 11 is 0. The number of hydrogen-bond acceptors (Lipinski definition) is 4. The number of aromatic hydroxyl groups is 1. The highest BCUT2D eigenvalue weighted by atomic mass is 16.3. The summed E-state index contributed by atoms with van der Waals surface area (Å²) < 4.78 is 0. The van der Waals surface area contributed by atoms with Crippen LogP contribution in [-0.4, -0.2) is 10.1 Å². The Bertz CT molecular complexity index is 500. The third kappa shape index (κ3) is 3.19. The average molecular weight is 229 g/mol. The summed E-state index contributed by atoms with van der Waals surface area (Å²) in [5.74, 6) is 0.249. The Morgan fingerprint density at radius 3 is 2.65 bits per heavy atom. The van der Waals surface area contributed by atoms with Gasteiger partial charge in [-0.3, -0.25) is 4.98 Å². The maximum Gasteiger partial charge on any atom is 0.117 e. The lowest BCUT2D eigenvalue weighted by molar-refractivity contribution is 0.475. The van der Waals surface area contributed by atoms with E-state index in [1.807, 2.05) is 24.3 Å². The lowest BCUT2D eigenvalue weighted by Gasteiger charge is -2.07. The van der Waals surface area contributed by atoms with Crippen molar-refractivity contribution in [1.82, 2.24) is 4.98 Å². The summed E-state index contributed by atoms with van der Waals surface area (Å²) in [5.41, 5.74) is 8.20. The molecule has 0 aliphatic heterocycles. The molecule has 4 nitrogen and oxygen atoms in total. The van der Waals surface area contributed by atoms with Crippen molar-refractivity contribution in [2.75, 3.05) is 5.32 Å². The molecule has 1 aromatic heterocycles. The van der Waals surface area contributed by atoms with E-state index in [0.717, 1.165) is 17.1 Å². The van der Waals surface area contributed by atoms with Crippen LogP contribution in [0.4, 0.5) is 5.69 Å². The second kappa shape index (κ2) is 5.32. The Balaban J connectivity index is 2.02. The molecule has 2 rings (SSSR count). The number of nitrogens with zero attached hydrogens (tertiary/aromatic N) is 1. The third-order valence-electron chi connectivity index (χ3n) is 2.39. The molecule has 0 atom stereocenters. The van der Waals surface area contributed by atoms with E-state index in [9.17, 15) is 5.11 Å². The summed E-state index contributed by atoms with van der Waals surface area (Å²) in [7, 11) is 0. The first kappa shape index (κ1) is 11.4. The first-order valence-electron chi connectivity index (χ1n) is 5.46. The molecule has 0 spiro atoms. The van der Waals surface area contributed by atoms with E-state index in [4.69, 9.17) is 5.73 Å². The van der Waals surface area contributed by atoms with Gasteiger partial charge in [0.15, 0.2) is 0 Å². The van der Waals surface area contributed by atoms with E-state index in [2.05, 4.69) is 10.3 Å². The van der Waals surface area contributed by atoms with Crippen LogP contribution in [0.3, 0.4) is 0 Å². The molecule has 0 aliphatic carbocycles. The number of hydrogen-bond donors (Lipinski definition) is 3. The quantitative estimate of drug-likeness (QED) is 0.748. The van der Waals surface area contributed by atoms with Gasteiger partial charge in [-0.2, -0.15) is 0 Å². The minimum atomic E-state index is 0.249. The van der Waals surface area contributed by atoms with E-state index in [0.29, 0.717) is 13.1 Å². The highest BCUT2D eigenvalue weighted by molar-refractivity contribution is 5.47. The summed E-state index contributed by atoms with van der Waals surface area (Å²) in [6.45, 7) is 1.05. The molecule has 0 saturated heterocycles. The third-order valence-corrected chi connectivity index (χ3v) is 2.39. The van der Waals surface area contributed by atoms with Crippen molar-refractivity contribution in [2.45, 2.75) is 13.1 Å². The maximum absolute atomic E-state index is 9.32. The Morgan fingerprint density at radius 1 is 1.12 bits per heavy atom. The van der Waals surface area contributed by atoms with Gasteiger partial charge >= 0.3 is 0 Å². The summed E-state index contributed by atoms with van der Waals surface area (Å²) in [6, 6.07) is 12.8. The number of rotatable bonds is 4. The highest BCUT2D eigenvalue weighted by Gasteiger charge is 1.97. The number of benzene rings is 1. The van der Waals surface area contributed by atoms with Gasteiger partial charge in [-0.15, -0.1) is 0 Å². The Labute approximate surface area is 100 Å². The molecule has 1 aromatic carbocycles. The molecule has 0 fully saturated rings. The Morgan fingerprint density at radius 2 is 1.88 bits per heavy atom. The van der Waals surface area contributed by atoms with Gasteiger partial charge in [0.2, 0.25) is 0 Å². The van der Waals surface area contributed by atoms with Gasteiger partial charge in [0.05, 0.1) is 17.9 Å². The van der Waals surface area contributed by atoms with Gasteiger partial charge < -0.3 is 16.2 Å². The largest absolute Gasteiger partial charge is 0.508 e. The van der Waals surface area contributed by atoms with E-state index >= 15 is 0 Å². The lowest BCUT2D eigenvalue weighted by atomic mass is 10.2. The van der Waals surface area contributed by atoms with Crippen molar-refractivity contribution in [3.8, 4) is 5.75 Å². The molecular weight excluding hydrogens is 214 g/mol. The van der Waals surface area contributed by atoms with Crippen LogP contribution in [-0.2, 0) is 13.1 Å². The molecule has 88 valence electrons. The molecular formula is C13H15N3O. The fraction of sp³-hybridized carbons (Fsp3) is 0.154. The van der Waals surface area contributed by atoms with Gasteiger partial charge in [-0.05, 0) is 24.3 Å². The molecule has 17 heavy (non-hydrogen) atoms. The zero-order valence-electron chi connectivity index (χ0n) is 9.43. The minimum Gasteiger partial charge on any atom is -0.508 e. The average Bonchev–Trinajstić information content (AvgIpc) is 2.37. The van der Waals surface area contributed by atoms with Gasteiger partial charge in [0.25, 0.3) is 0 Å². The molecule has 4 heteroatoms. The number of anilines is 1. The Kier molecular flexibility index (Phi) is 3.57. The zero-order valence-corrected chi connectivity index (χ0v) is 9.43. The fourth-order valence-corrected chi connectivity index (χ4v) is 1.55. The molecule has 4 N–H and O–H groups in total. The highest BCUT2D eigenvalue weighted by Crippen LogP contribution is 2.15. The molecule has 0 radical (unpaired) electrons. The monoisotopic (exact) mass is 229 g/mol. The smallest absolute Gasteiger partial charge is 0.117 e. The molecule has 2 aromatic rings. The first-order chi connectivity index (χ1) is 8.28. The molecule has 0 amide bonds. The normalized spacial score (nSPS) is 10.2. The van der Waals surface area contributed by atoms with E-state index in [1.54, 1.807) is 18.2 Å². The van der Waals surface area contributed by atoms with Crippen molar-refractivity contribution in [1.29, 1.82) is 0 Å². The summed E-state index contributed by atoms with van der Waals surface area (Å²) in [5, 5.41) is 12.5. The second-order valence-corrected chi connectivity index (χ2v) is 3.73. The van der Waals surface area contributed by atoms with E-state index in [-0.39, 0.29) is 5.75 Å². The van der Waals surface area contributed by atoms with Crippen LogP contribution < -0.4 is 11.1 Å². The number of nitrogens with one attached hydrogen (secondary N) is 1. The lowest BCUT2D eigenvalue weighted by Crippen LogP contribution is -2.05. The summed E-state index contributed by atoms with van der Waals surface area (Å²) in [4.78, 5) is 4.38. The Hall–Kier alpha value is -2.07. The van der Waals surface area contributed by atoms with E-state index < -0.39 is 0 Å². The number of phenols is 1. The standard InChI is InChI=1S/C13H15N3O/c14-8-11-4-1-5-12(16-11)9-15-10-3-2-6-13(17)7-10/h1-7,15,17H,8-9,14H2. The van der Waals surface area contributed by atoms with Crippen LogP contribution in [0.25, 0.3) is 0 Å². The van der Waals surface area contributed by atoms with Gasteiger partial charge in [-0.1, -0.05) is 12.1 Å². The predicted octanol–water partition coefficient (Wildman–Crippen LogP) is 1.86. The summed E-state index contributed by atoms with van der Waals surface area (Å²) in [6.07, 6.45) is 0. The maximum atomic E-state index is 9.32. The van der Waals surface area contributed by atoms with Crippen LogP contribution in [0.1, 0.15) is 11.4 Å². The number of nitrogens with two attached hydrogens (primary N) is 1. The number of aromatic nitrogens is 1. The fourth-order valence-electron chi connectivity index (χ4n) is 1.55. The van der Waals surface area contributed by atoms with Crippen molar-refractivity contribution >= 4 is 5.69 Å². The van der Waals surface area contributed by atoms with E-state index in [1.165, 1.54) is 0 Å². The second-order valence-electron chi connectivity index (χ2n) is 3.73. The number of pyridine rings is 1. The van der Waals surface area contributed by atoms with Crippen molar-refractivity contribution < 1.29 is 5.11 Å². The van der Waals surface area contributed by atoms with Crippen LogP contribution >= 0.6 is 0 Å². The first-order valence-corrected chi connectivity index (χ1v) is 5.46. The van der Waals surface area contributed by atoms with Gasteiger partial charge in [0.1, 0.15) is 5.75 Å². The van der Waals surface area contributed by atoms with Crippen LogP contribution in [0.5, 0.6) is 5.75 Å². The van der Waals surface area contributed by atoms with Crippen molar-refractivity contribution in [3.05, 3.63) is 53.9 Å². The molecule has 1 heterocycles. The SMILES string of the molecule is NCc1cccc(CNc2cccc(O)c2)n1. The van der Waals surface area contributed by atoms with Gasteiger partial charge in [-0.25, -0.2) is 0 Å². The molecule has 0 unspecified atom stereocenters. The molecule has 0 saturated carbocycles. The van der Waals surface area contributed by atoms with Crippen molar-refractivity contribution in [2.24, 2.45) is 5.73 Å². The van der Waals surface area contributed by atoms with Crippen LogP contribution in [0, 0.1) is 0 Å². The topological polar surface area (TPSA) is 71.2 Å². The molecule has 0 aliphatic rings. The molecule has 0 bridgehead atoms. The number of phenolic OH excluding ortho intramolecular Hbond substituents is 1. The van der Waals surface area contributed by atoms with Crippen LogP contribution in [0.15, 0.2) is 42.5 Å². The predicted molar refractivity (Wildman–Crippen MR) is 67.6 cm³/mol. The van der Waals surface area contributed by atoms with Crippen LogP contribution in [0.2, 0.25) is 0 Å². The minimum absolute atomic E-state index is 0.249.